The normalized spacial score (nSPS) is 17.4. The molecule has 0 radical (unpaired) electrons. The van der Waals surface area contributed by atoms with Gasteiger partial charge in [-0.2, -0.15) is 5.10 Å². The molecule has 1 N–H and O–H groups in total. The Morgan fingerprint density at radius 1 is 1.17 bits per heavy atom. The Balaban J connectivity index is 1.51. The third kappa shape index (κ3) is 4.29. The molecule has 0 spiro atoms. The maximum Gasteiger partial charge on any atom is 0.254 e. The number of hydrogen-bond acceptors (Lipinski definition) is 6. The van der Waals surface area contributed by atoms with Crippen molar-refractivity contribution in [2.75, 3.05) is 19.8 Å². The van der Waals surface area contributed by atoms with Gasteiger partial charge >= 0.3 is 0 Å². The van der Waals surface area contributed by atoms with Gasteiger partial charge in [0, 0.05) is 23.9 Å². The van der Waals surface area contributed by atoms with Crippen LogP contribution in [0.2, 0.25) is 0 Å². The van der Waals surface area contributed by atoms with E-state index in [-0.39, 0.29) is 24.4 Å². The van der Waals surface area contributed by atoms with Gasteiger partial charge in [0.1, 0.15) is 13.2 Å². The largest absolute Gasteiger partial charge is 0.486 e. The lowest BCUT2D eigenvalue weighted by Crippen LogP contribution is -2.34. The lowest BCUT2D eigenvalue weighted by atomic mass is 9.95. The molecule has 9 nitrogen and oxygen atoms in total. The topological polar surface area (TPSA) is 108 Å². The summed E-state index contributed by atoms with van der Waals surface area (Å²) in [6, 6.07) is 7.43. The van der Waals surface area contributed by atoms with Crippen molar-refractivity contribution >= 4 is 28.6 Å². The summed E-state index contributed by atoms with van der Waals surface area (Å²) in [6.07, 6.45) is 3.53. The molecule has 35 heavy (non-hydrogen) atoms. The Morgan fingerprint density at radius 2 is 1.94 bits per heavy atom. The molecule has 5 rings (SSSR count). The van der Waals surface area contributed by atoms with E-state index in [1.54, 1.807) is 23.9 Å². The van der Waals surface area contributed by atoms with Crippen molar-refractivity contribution in [3.05, 3.63) is 47.7 Å². The van der Waals surface area contributed by atoms with Gasteiger partial charge in [0.2, 0.25) is 0 Å². The molecule has 0 saturated carbocycles. The van der Waals surface area contributed by atoms with Crippen molar-refractivity contribution in [1.29, 1.82) is 0 Å². The van der Waals surface area contributed by atoms with Gasteiger partial charge in [-0.3, -0.25) is 9.59 Å². The van der Waals surface area contributed by atoms with Crippen LogP contribution in [0.5, 0.6) is 11.5 Å². The minimum Gasteiger partial charge on any atom is -0.486 e. The molecule has 1 aromatic carbocycles. The van der Waals surface area contributed by atoms with Gasteiger partial charge in [-0.15, -0.1) is 0 Å². The maximum atomic E-state index is 13.4. The lowest BCUT2D eigenvalue weighted by molar-refractivity contribution is -0.120. The molecule has 2 aromatic heterocycles. The highest BCUT2D eigenvalue weighted by Crippen LogP contribution is 2.35. The number of nitrogens with one attached hydrogen (secondary N) is 1. The minimum absolute atomic E-state index is 0.0557. The third-order valence-electron chi connectivity index (χ3n) is 6.18. The monoisotopic (exact) mass is 473 g/mol. The van der Waals surface area contributed by atoms with Crippen LogP contribution >= 0.6 is 0 Å². The maximum absolute atomic E-state index is 13.4. The quantitative estimate of drug-likeness (QED) is 0.605. The van der Waals surface area contributed by atoms with E-state index in [0.717, 1.165) is 11.1 Å². The number of rotatable bonds is 5. The van der Waals surface area contributed by atoms with E-state index in [2.05, 4.69) is 15.4 Å². The molecule has 2 amide bonds. The van der Waals surface area contributed by atoms with E-state index in [4.69, 9.17) is 14.5 Å². The average molecular weight is 474 g/mol. The van der Waals surface area contributed by atoms with Gasteiger partial charge < -0.3 is 14.8 Å². The molecule has 4 heterocycles. The Kier molecular flexibility index (Phi) is 5.84. The molecular weight excluding hydrogens is 446 g/mol. The number of nitrogens with zero attached hydrogens (tertiary/aromatic N) is 4. The van der Waals surface area contributed by atoms with Crippen molar-refractivity contribution in [3.63, 3.8) is 0 Å². The van der Waals surface area contributed by atoms with E-state index in [9.17, 15) is 9.59 Å². The molecule has 0 fully saturated rings. The molecule has 9 heteroatoms. The fraction of sp³-hybridized carbons (Fsp3) is 0.346. The van der Waals surface area contributed by atoms with E-state index < -0.39 is 5.92 Å². The molecule has 2 aliphatic heterocycles. The zero-order chi connectivity index (χ0) is 24.7. The smallest absolute Gasteiger partial charge is 0.254 e. The molecule has 3 aromatic rings. The van der Waals surface area contributed by atoms with Crippen LogP contribution in [0.15, 0.2) is 47.1 Å². The molecule has 0 saturated heterocycles. The van der Waals surface area contributed by atoms with Gasteiger partial charge in [-0.25, -0.2) is 14.7 Å². The first kappa shape index (κ1) is 22.8. The molecule has 2 aliphatic rings. The zero-order valence-corrected chi connectivity index (χ0v) is 20.2. The number of carbonyl (C=O) groups excluding carboxylic acids is 2. The fourth-order valence-electron chi connectivity index (χ4n) is 4.38. The Morgan fingerprint density at radius 3 is 2.69 bits per heavy atom. The van der Waals surface area contributed by atoms with E-state index in [0.29, 0.717) is 52.7 Å². The van der Waals surface area contributed by atoms with E-state index in [1.165, 1.54) is 0 Å². The Bertz CT molecular complexity index is 1400. The number of hydrogen-bond donors (Lipinski definition) is 1. The summed E-state index contributed by atoms with van der Waals surface area (Å²) in [5.74, 6) is 0.312. The average Bonchev–Trinajstić information content (AvgIpc) is 3.26. The van der Waals surface area contributed by atoms with Crippen LogP contribution in [-0.2, 0) is 4.79 Å². The van der Waals surface area contributed by atoms with Crippen LogP contribution in [0.3, 0.4) is 0 Å². The van der Waals surface area contributed by atoms with Gasteiger partial charge in [-0.1, -0.05) is 5.57 Å². The van der Waals surface area contributed by atoms with Crippen molar-refractivity contribution < 1.29 is 19.1 Å². The summed E-state index contributed by atoms with van der Waals surface area (Å²) in [6.45, 7) is 8.84. The standard InChI is InChI=1S/C26H27N5O4/c1-14(2)31-24-20(13-28-31)18(25(32)27-12-19-15(3)9-16(4)29-26(19)33)11-21(30-24)17-5-6-22-23(10-17)35-8-7-34-22/h5-6,9-11,13-14,19H,7-8,12H2,1-4H3,(H,27,32). The predicted molar refractivity (Wildman–Crippen MR) is 132 cm³/mol. The number of dihydropyridines is 1. The SMILES string of the molecule is CC1=CC(C)=NC(=O)C1CNC(=O)c1cc(-c2ccc3c(c2)OCCO3)nc2c1cnn2C(C)C. The molecule has 180 valence electrons. The van der Waals surface area contributed by atoms with Crippen LogP contribution in [-0.4, -0.2) is 52.0 Å². The fourth-order valence-corrected chi connectivity index (χ4v) is 4.38. The van der Waals surface area contributed by atoms with Crippen molar-refractivity contribution in [2.45, 2.75) is 33.7 Å². The molecule has 1 unspecified atom stereocenters. The summed E-state index contributed by atoms with van der Waals surface area (Å²) < 4.78 is 13.2. The number of benzene rings is 1. The minimum atomic E-state index is -0.476. The number of ether oxygens (including phenoxy) is 2. The first-order chi connectivity index (χ1) is 16.8. The van der Waals surface area contributed by atoms with Crippen molar-refractivity contribution in [1.82, 2.24) is 20.1 Å². The zero-order valence-electron chi connectivity index (χ0n) is 20.2. The molecule has 0 aliphatic carbocycles. The second-order valence-corrected chi connectivity index (χ2v) is 9.08. The van der Waals surface area contributed by atoms with E-state index in [1.807, 2.05) is 45.0 Å². The summed E-state index contributed by atoms with van der Waals surface area (Å²) >= 11 is 0. The summed E-state index contributed by atoms with van der Waals surface area (Å²) in [5.41, 5.74) is 4.03. The molecule has 0 bridgehead atoms. The van der Waals surface area contributed by atoms with Crippen LogP contribution in [0.25, 0.3) is 22.3 Å². The van der Waals surface area contributed by atoms with Crippen LogP contribution in [0, 0.1) is 5.92 Å². The third-order valence-corrected chi connectivity index (χ3v) is 6.18. The second kappa shape index (κ2) is 8.98. The highest BCUT2D eigenvalue weighted by atomic mass is 16.6. The number of aromatic nitrogens is 3. The van der Waals surface area contributed by atoms with Crippen LogP contribution in [0.1, 0.15) is 44.1 Å². The van der Waals surface area contributed by atoms with Crippen LogP contribution in [0.4, 0.5) is 0 Å². The van der Waals surface area contributed by atoms with Gasteiger partial charge in [0.05, 0.1) is 28.8 Å². The first-order valence-corrected chi connectivity index (χ1v) is 11.7. The first-order valence-electron chi connectivity index (χ1n) is 11.7. The summed E-state index contributed by atoms with van der Waals surface area (Å²) in [7, 11) is 0. The van der Waals surface area contributed by atoms with E-state index >= 15 is 0 Å². The second-order valence-electron chi connectivity index (χ2n) is 9.08. The number of allylic oxidation sites excluding steroid dienone is 1. The summed E-state index contributed by atoms with van der Waals surface area (Å²) in [4.78, 5) is 34.6. The Hall–Kier alpha value is -4.01. The van der Waals surface area contributed by atoms with Crippen molar-refractivity contribution in [2.24, 2.45) is 10.9 Å². The van der Waals surface area contributed by atoms with Gasteiger partial charge in [0.15, 0.2) is 17.1 Å². The van der Waals surface area contributed by atoms with Gasteiger partial charge in [0.25, 0.3) is 11.8 Å². The Labute approximate surface area is 202 Å². The molecule has 1 atom stereocenters. The lowest BCUT2D eigenvalue weighted by Gasteiger charge is -2.19. The molecular formula is C26H27N5O4. The number of fused-ring (bicyclic) bond motifs is 2. The number of pyridine rings is 1. The van der Waals surface area contributed by atoms with Gasteiger partial charge in [-0.05, 0) is 58.0 Å². The number of aliphatic imine (C=N–C) groups is 1. The van der Waals surface area contributed by atoms with Crippen LogP contribution < -0.4 is 14.8 Å². The highest BCUT2D eigenvalue weighted by molar-refractivity contribution is 6.08. The highest BCUT2D eigenvalue weighted by Gasteiger charge is 2.25. The number of carbonyl (C=O) groups is 2. The number of amides is 2. The van der Waals surface area contributed by atoms with Crippen molar-refractivity contribution in [3.8, 4) is 22.8 Å². The predicted octanol–water partition coefficient (Wildman–Crippen LogP) is 3.74. The summed E-state index contributed by atoms with van der Waals surface area (Å²) in [5, 5.41) is 8.04.